The summed E-state index contributed by atoms with van der Waals surface area (Å²) in [6.45, 7) is 3.73. The first-order valence-electron chi connectivity index (χ1n) is 6.00. The fourth-order valence-electron chi connectivity index (χ4n) is 1.44. The maximum Gasteiger partial charge on any atom is 0.313 e. The van der Waals surface area contributed by atoms with E-state index in [0.29, 0.717) is 5.69 Å². The third-order valence-corrected chi connectivity index (χ3v) is 3.10. The summed E-state index contributed by atoms with van der Waals surface area (Å²) in [5.74, 6) is -1.64. The Morgan fingerprint density at radius 2 is 1.75 bits per heavy atom. The molecule has 0 atom stereocenters. The van der Waals surface area contributed by atoms with Crippen LogP contribution in [0.25, 0.3) is 0 Å². The predicted molar refractivity (Wildman–Crippen MR) is 84.2 cm³/mol. The Bertz CT molecular complexity index is 532. The van der Waals surface area contributed by atoms with E-state index in [1.807, 2.05) is 19.1 Å². The summed E-state index contributed by atoms with van der Waals surface area (Å²) >= 11 is 2.17. The molecule has 0 saturated carbocycles. The highest BCUT2D eigenvalue weighted by molar-refractivity contribution is 14.1. The van der Waals surface area contributed by atoms with E-state index in [9.17, 15) is 14.4 Å². The lowest BCUT2D eigenvalue weighted by atomic mass is 10.2. The normalized spacial score (nSPS) is 9.75. The van der Waals surface area contributed by atoms with Gasteiger partial charge in [0.2, 0.25) is 5.91 Å². The van der Waals surface area contributed by atoms with Crippen molar-refractivity contribution in [2.45, 2.75) is 13.8 Å². The molecule has 0 radical (unpaired) electrons. The van der Waals surface area contributed by atoms with E-state index < -0.39 is 11.8 Å². The average Bonchev–Trinajstić information content (AvgIpc) is 2.37. The van der Waals surface area contributed by atoms with Crippen LogP contribution in [0, 0.1) is 10.5 Å². The van der Waals surface area contributed by atoms with Gasteiger partial charge in [0.25, 0.3) is 0 Å². The first-order chi connectivity index (χ1) is 9.40. The summed E-state index contributed by atoms with van der Waals surface area (Å²) in [5.41, 5.74) is 1.49. The molecule has 0 saturated heterocycles. The van der Waals surface area contributed by atoms with E-state index in [0.717, 1.165) is 9.13 Å². The maximum absolute atomic E-state index is 11.7. The molecular weight excluding hydrogens is 373 g/mol. The largest absolute Gasteiger partial charge is 0.355 e. The second kappa shape index (κ2) is 7.83. The number of carbonyl (C=O) groups is 3. The van der Waals surface area contributed by atoms with Gasteiger partial charge < -0.3 is 16.0 Å². The van der Waals surface area contributed by atoms with Crippen LogP contribution in [-0.4, -0.2) is 30.8 Å². The minimum atomic E-state index is -0.728. The zero-order valence-electron chi connectivity index (χ0n) is 11.2. The monoisotopic (exact) mass is 389 g/mol. The molecule has 0 aliphatic rings. The van der Waals surface area contributed by atoms with E-state index in [2.05, 4.69) is 38.5 Å². The molecule has 0 bridgehead atoms. The van der Waals surface area contributed by atoms with Crippen LogP contribution in [0.5, 0.6) is 0 Å². The molecule has 0 aliphatic heterocycles. The van der Waals surface area contributed by atoms with Gasteiger partial charge in [0.05, 0.1) is 0 Å². The zero-order chi connectivity index (χ0) is 15.1. The van der Waals surface area contributed by atoms with Crippen LogP contribution in [0.1, 0.15) is 12.5 Å². The Labute approximate surface area is 130 Å². The second-order valence-corrected chi connectivity index (χ2v) is 5.40. The lowest BCUT2D eigenvalue weighted by Gasteiger charge is -2.09. The number of amides is 3. The molecule has 3 amide bonds. The van der Waals surface area contributed by atoms with Crippen molar-refractivity contribution in [3.05, 3.63) is 27.3 Å². The van der Waals surface area contributed by atoms with Gasteiger partial charge in [-0.05, 0) is 53.3 Å². The SMILES string of the molecule is CC(=O)NCCNC(=O)C(=O)Nc1ccc(I)cc1C. The van der Waals surface area contributed by atoms with Gasteiger partial charge in [-0.25, -0.2) is 0 Å². The van der Waals surface area contributed by atoms with Gasteiger partial charge in [-0.1, -0.05) is 0 Å². The minimum Gasteiger partial charge on any atom is -0.355 e. The van der Waals surface area contributed by atoms with E-state index >= 15 is 0 Å². The van der Waals surface area contributed by atoms with Crippen molar-refractivity contribution in [3.63, 3.8) is 0 Å². The quantitative estimate of drug-likeness (QED) is 0.404. The maximum atomic E-state index is 11.7. The molecule has 7 heteroatoms. The second-order valence-electron chi connectivity index (χ2n) is 4.15. The summed E-state index contributed by atoms with van der Waals surface area (Å²) in [7, 11) is 0. The van der Waals surface area contributed by atoms with Gasteiger partial charge in [0.1, 0.15) is 0 Å². The van der Waals surface area contributed by atoms with E-state index in [4.69, 9.17) is 0 Å². The lowest BCUT2D eigenvalue weighted by molar-refractivity contribution is -0.136. The van der Waals surface area contributed by atoms with Crippen LogP contribution in [0.3, 0.4) is 0 Å². The Morgan fingerprint density at radius 1 is 1.10 bits per heavy atom. The van der Waals surface area contributed by atoms with Gasteiger partial charge in [-0.3, -0.25) is 14.4 Å². The molecule has 1 aromatic carbocycles. The number of carbonyl (C=O) groups excluding carboxylic acids is 3. The number of hydrogen-bond acceptors (Lipinski definition) is 3. The van der Waals surface area contributed by atoms with Crippen molar-refractivity contribution >= 4 is 46.0 Å². The molecule has 0 fully saturated rings. The number of anilines is 1. The Balaban J connectivity index is 2.45. The standard InChI is InChI=1S/C13H16IN3O3/c1-8-7-10(14)3-4-11(8)17-13(20)12(19)16-6-5-15-9(2)18/h3-4,7H,5-6H2,1-2H3,(H,15,18)(H,16,19)(H,17,20). The van der Waals surface area contributed by atoms with E-state index in [1.54, 1.807) is 6.07 Å². The summed E-state index contributed by atoms with van der Waals surface area (Å²) in [6.07, 6.45) is 0. The van der Waals surface area contributed by atoms with Crippen molar-refractivity contribution < 1.29 is 14.4 Å². The van der Waals surface area contributed by atoms with Gasteiger partial charge in [0.15, 0.2) is 0 Å². The van der Waals surface area contributed by atoms with Gasteiger partial charge >= 0.3 is 11.8 Å². The van der Waals surface area contributed by atoms with Crippen LogP contribution in [0.15, 0.2) is 18.2 Å². The van der Waals surface area contributed by atoms with Gasteiger partial charge in [-0.2, -0.15) is 0 Å². The molecule has 1 aromatic rings. The third kappa shape index (κ3) is 5.55. The topological polar surface area (TPSA) is 87.3 Å². The molecule has 0 aromatic heterocycles. The first kappa shape index (κ1) is 16.4. The first-order valence-corrected chi connectivity index (χ1v) is 7.08. The number of halogens is 1. The molecule has 108 valence electrons. The number of nitrogens with one attached hydrogen (secondary N) is 3. The summed E-state index contributed by atoms with van der Waals surface area (Å²) < 4.78 is 1.05. The van der Waals surface area contributed by atoms with Gasteiger partial charge in [0, 0.05) is 29.3 Å². The molecule has 0 heterocycles. The Morgan fingerprint density at radius 3 is 2.35 bits per heavy atom. The summed E-state index contributed by atoms with van der Waals surface area (Å²) in [6, 6.07) is 5.50. The number of aryl methyl sites for hydroxylation is 1. The van der Waals surface area contributed by atoms with Crippen molar-refractivity contribution in [1.29, 1.82) is 0 Å². The van der Waals surface area contributed by atoms with E-state index in [1.165, 1.54) is 6.92 Å². The molecule has 3 N–H and O–H groups in total. The molecular formula is C13H16IN3O3. The summed E-state index contributed by atoms with van der Waals surface area (Å²) in [4.78, 5) is 33.8. The van der Waals surface area contributed by atoms with Crippen LogP contribution in [0.4, 0.5) is 5.69 Å². The van der Waals surface area contributed by atoms with Crippen LogP contribution < -0.4 is 16.0 Å². The average molecular weight is 389 g/mol. The molecule has 6 nitrogen and oxygen atoms in total. The van der Waals surface area contributed by atoms with E-state index in [-0.39, 0.29) is 19.0 Å². The number of rotatable bonds is 4. The zero-order valence-corrected chi connectivity index (χ0v) is 13.4. The van der Waals surface area contributed by atoms with Crippen LogP contribution >= 0.6 is 22.6 Å². The predicted octanol–water partition coefficient (Wildman–Crippen LogP) is 0.790. The fourth-order valence-corrected chi connectivity index (χ4v) is 2.09. The Kier molecular flexibility index (Phi) is 6.43. The lowest BCUT2D eigenvalue weighted by Crippen LogP contribution is -2.39. The van der Waals surface area contributed by atoms with Gasteiger partial charge in [-0.15, -0.1) is 0 Å². The number of benzene rings is 1. The van der Waals surface area contributed by atoms with Crippen molar-refractivity contribution in [1.82, 2.24) is 10.6 Å². The Hall–Kier alpha value is -1.64. The number of hydrogen-bond donors (Lipinski definition) is 3. The summed E-state index contributed by atoms with van der Waals surface area (Å²) in [5, 5.41) is 7.49. The van der Waals surface area contributed by atoms with Crippen molar-refractivity contribution in [2.75, 3.05) is 18.4 Å². The molecule has 0 aliphatic carbocycles. The van der Waals surface area contributed by atoms with Crippen LogP contribution in [0.2, 0.25) is 0 Å². The molecule has 0 spiro atoms. The smallest absolute Gasteiger partial charge is 0.313 e. The fraction of sp³-hybridized carbons (Fsp3) is 0.308. The molecule has 20 heavy (non-hydrogen) atoms. The molecule has 0 unspecified atom stereocenters. The highest BCUT2D eigenvalue weighted by atomic mass is 127. The third-order valence-electron chi connectivity index (χ3n) is 2.43. The van der Waals surface area contributed by atoms with Crippen molar-refractivity contribution in [2.24, 2.45) is 0 Å². The highest BCUT2D eigenvalue weighted by Crippen LogP contribution is 2.17. The molecule has 1 rings (SSSR count). The van der Waals surface area contributed by atoms with Crippen molar-refractivity contribution in [3.8, 4) is 0 Å². The highest BCUT2D eigenvalue weighted by Gasteiger charge is 2.13. The van der Waals surface area contributed by atoms with Crippen LogP contribution in [-0.2, 0) is 14.4 Å². The minimum absolute atomic E-state index is 0.182.